The lowest BCUT2D eigenvalue weighted by atomic mass is 10.1. The van der Waals surface area contributed by atoms with Crippen molar-refractivity contribution in [2.24, 2.45) is 0 Å². The fourth-order valence-corrected chi connectivity index (χ4v) is 7.41. The Labute approximate surface area is 388 Å². The van der Waals surface area contributed by atoms with Crippen LogP contribution in [-0.4, -0.2) is 75.5 Å². The summed E-state index contributed by atoms with van der Waals surface area (Å²) in [6.45, 7) is 4.55. The second kappa shape index (κ2) is 45.6. The lowest BCUT2D eigenvalue weighted by Crippen LogP contribution is -2.55. The summed E-state index contributed by atoms with van der Waals surface area (Å²) in [7, 11) is 5.41. The van der Waals surface area contributed by atoms with Gasteiger partial charge in [-0.2, -0.15) is 0 Å². The molecule has 0 aliphatic carbocycles. The summed E-state index contributed by atoms with van der Waals surface area (Å²) in [5, 5.41) is 11.7. The van der Waals surface area contributed by atoms with Crippen LogP contribution in [0.15, 0.2) is 60.8 Å². The number of aliphatic carboxylic acids is 1. The van der Waals surface area contributed by atoms with Crippen molar-refractivity contribution >= 4 is 17.9 Å². The van der Waals surface area contributed by atoms with E-state index < -0.39 is 18.1 Å². The first kappa shape index (κ1) is 60.0. The van der Waals surface area contributed by atoms with E-state index in [0.29, 0.717) is 12.8 Å². The highest BCUT2D eigenvalue weighted by atomic mass is 16.6. The van der Waals surface area contributed by atoms with E-state index in [1.807, 2.05) is 0 Å². The van der Waals surface area contributed by atoms with Crippen molar-refractivity contribution in [1.82, 2.24) is 0 Å². The molecular weight excluding hydrogens is 787 g/mol. The van der Waals surface area contributed by atoms with E-state index >= 15 is 0 Å². The molecule has 2 unspecified atom stereocenters. The first-order chi connectivity index (χ1) is 30.6. The number of hydrogen-bond acceptors (Lipinski definition) is 7. The van der Waals surface area contributed by atoms with Gasteiger partial charge >= 0.3 is 11.9 Å². The molecule has 8 heteroatoms. The molecule has 63 heavy (non-hydrogen) atoms. The number of nitrogens with zero attached hydrogens (tertiary/aromatic N) is 1. The standard InChI is InChI=1S/C55H97NO7/c1-6-8-10-12-14-16-18-20-22-24-26-28-29-31-33-35-37-39-41-43-45-53(57)62-50-51(49-61-48-47-52(55(59)60)56(3,4)5)63-54(58)46-44-42-40-38-36-34-32-30-27-25-23-21-19-17-15-13-11-9-7-2/h8,10,14,16,20,22,25-28,51-52H,6-7,9,11-13,15,17-19,21,23-24,29-50H2,1-5H3/b10-8+,16-14+,22-20+,27-25+,28-26+. The summed E-state index contributed by atoms with van der Waals surface area (Å²) in [5.74, 6) is -1.75. The van der Waals surface area contributed by atoms with Gasteiger partial charge in [0, 0.05) is 19.3 Å². The van der Waals surface area contributed by atoms with E-state index in [4.69, 9.17) is 14.2 Å². The number of carbonyl (C=O) groups excluding carboxylic acids is 3. The first-order valence-corrected chi connectivity index (χ1v) is 25.8. The maximum atomic E-state index is 12.8. The molecule has 0 bridgehead atoms. The molecule has 0 radical (unpaired) electrons. The van der Waals surface area contributed by atoms with Crippen LogP contribution < -0.4 is 5.11 Å². The van der Waals surface area contributed by atoms with Crippen LogP contribution in [0.3, 0.4) is 0 Å². The molecule has 0 aromatic carbocycles. The van der Waals surface area contributed by atoms with E-state index in [1.165, 1.54) is 116 Å². The Morgan fingerprint density at radius 3 is 1.33 bits per heavy atom. The minimum absolute atomic E-state index is 0.0343. The first-order valence-electron chi connectivity index (χ1n) is 25.8. The predicted octanol–water partition coefficient (Wildman–Crippen LogP) is 13.6. The van der Waals surface area contributed by atoms with Crippen LogP contribution in [0.5, 0.6) is 0 Å². The van der Waals surface area contributed by atoms with Gasteiger partial charge in [-0.25, -0.2) is 0 Å². The minimum Gasteiger partial charge on any atom is -0.544 e. The minimum atomic E-state index is -1.13. The Morgan fingerprint density at radius 2 is 0.889 bits per heavy atom. The highest BCUT2D eigenvalue weighted by Crippen LogP contribution is 2.15. The van der Waals surface area contributed by atoms with Crippen molar-refractivity contribution in [1.29, 1.82) is 0 Å². The number of carboxylic acids is 1. The number of unbranched alkanes of at least 4 members (excludes halogenated alkanes) is 22. The number of carboxylic acid groups (broad SMARTS) is 1. The zero-order valence-corrected chi connectivity index (χ0v) is 41.5. The van der Waals surface area contributed by atoms with Crippen molar-refractivity contribution in [3.63, 3.8) is 0 Å². The number of rotatable bonds is 46. The van der Waals surface area contributed by atoms with Gasteiger partial charge in [0.2, 0.25) is 0 Å². The van der Waals surface area contributed by atoms with Gasteiger partial charge in [0.1, 0.15) is 12.6 Å². The van der Waals surface area contributed by atoms with Crippen molar-refractivity contribution in [3.05, 3.63) is 60.8 Å². The zero-order chi connectivity index (χ0) is 46.3. The number of quaternary nitrogens is 1. The van der Waals surface area contributed by atoms with Gasteiger partial charge in [-0.15, -0.1) is 0 Å². The number of likely N-dealkylation sites (N-methyl/N-ethyl adjacent to an activating group) is 1. The lowest BCUT2D eigenvalue weighted by Gasteiger charge is -2.34. The Morgan fingerprint density at radius 1 is 0.492 bits per heavy atom. The maximum absolute atomic E-state index is 12.8. The Kier molecular flexibility index (Phi) is 43.4. The third-order valence-electron chi connectivity index (χ3n) is 11.4. The Balaban J connectivity index is 4.27. The summed E-state index contributed by atoms with van der Waals surface area (Å²) >= 11 is 0. The Bertz CT molecular complexity index is 1210. The second-order valence-corrected chi connectivity index (χ2v) is 18.4. The van der Waals surface area contributed by atoms with E-state index in [-0.39, 0.29) is 42.7 Å². The maximum Gasteiger partial charge on any atom is 0.306 e. The second-order valence-electron chi connectivity index (χ2n) is 18.4. The van der Waals surface area contributed by atoms with Gasteiger partial charge in [0.15, 0.2) is 6.10 Å². The molecular formula is C55H97NO7. The highest BCUT2D eigenvalue weighted by molar-refractivity contribution is 5.70. The molecule has 0 amide bonds. The third-order valence-corrected chi connectivity index (χ3v) is 11.4. The average molecular weight is 884 g/mol. The summed E-state index contributed by atoms with van der Waals surface area (Å²) in [5.41, 5.74) is 0. The van der Waals surface area contributed by atoms with E-state index in [1.54, 1.807) is 21.1 Å². The van der Waals surface area contributed by atoms with Crippen LogP contribution in [0, 0.1) is 0 Å². The molecule has 2 atom stereocenters. The summed E-state index contributed by atoms with van der Waals surface area (Å²) in [6, 6.07) is -0.730. The zero-order valence-electron chi connectivity index (χ0n) is 41.5. The quantitative estimate of drug-likeness (QED) is 0.0260. The largest absolute Gasteiger partial charge is 0.544 e. The van der Waals surface area contributed by atoms with Gasteiger partial charge < -0.3 is 28.6 Å². The molecule has 0 heterocycles. The molecule has 0 aliphatic heterocycles. The monoisotopic (exact) mass is 884 g/mol. The number of carbonyl (C=O) groups is 3. The van der Waals surface area contributed by atoms with Crippen molar-refractivity contribution in [3.8, 4) is 0 Å². The molecule has 364 valence electrons. The summed E-state index contributed by atoms with van der Waals surface area (Å²) < 4.78 is 17.2. The van der Waals surface area contributed by atoms with Gasteiger partial charge in [0.05, 0.1) is 40.3 Å². The fraction of sp³-hybridized carbons (Fsp3) is 0.764. The van der Waals surface area contributed by atoms with Crippen molar-refractivity contribution < 1.29 is 38.2 Å². The normalized spacial score (nSPS) is 13.3. The van der Waals surface area contributed by atoms with Crippen molar-refractivity contribution in [2.45, 2.75) is 231 Å². The van der Waals surface area contributed by atoms with Crippen LogP contribution in [0.2, 0.25) is 0 Å². The van der Waals surface area contributed by atoms with Gasteiger partial charge in [-0.05, 0) is 77.0 Å². The topological polar surface area (TPSA) is 102 Å². The van der Waals surface area contributed by atoms with Crippen LogP contribution in [-0.2, 0) is 28.6 Å². The van der Waals surface area contributed by atoms with Crippen LogP contribution >= 0.6 is 0 Å². The average Bonchev–Trinajstić information content (AvgIpc) is 3.24. The molecule has 0 fully saturated rings. The number of hydrogen-bond donors (Lipinski definition) is 0. The van der Waals surface area contributed by atoms with E-state index in [9.17, 15) is 19.5 Å². The molecule has 0 N–H and O–H groups in total. The lowest BCUT2D eigenvalue weighted by molar-refractivity contribution is -0.889. The molecule has 0 aromatic rings. The molecule has 0 rings (SSSR count). The van der Waals surface area contributed by atoms with Crippen LogP contribution in [0.1, 0.15) is 219 Å². The van der Waals surface area contributed by atoms with Gasteiger partial charge in [-0.3, -0.25) is 9.59 Å². The number of ether oxygens (including phenoxy) is 3. The molecule has 0 saturated carbocycles. The van der Waals surface area contributed by atoms with E-state index in [0.717, 1.165) is 70.6 Å². The smallest absolute Gasteiger partial charge is 0.306 e. The molecule has 0 spiro atoms. The molecule has 8 nitrogen and oxygen atoms in total. The van der Waals surface area contributed by atoms with E-state index in [2.05, 4.69) is 74.6 Å². The summed E-state index contributed by atoms with van der Waals surface area (Å²) in [4.78, 5) is 37.0. The van der Waals surface area contributed by atoms with Crippen LogP contribution in [0.25, 0.3) is 0 Å². The molecule has 0 aromatic heterocycles. The highest BCUT2D eigenvalue weighted by Gasteiger charge is 2.25. The SMILES string of the molecule is CC/C=C/C/C=C/C/C=C/C/C=C/CCCCCCCCCC(=O)OCC(COCCC(C(=O)[O-])[N+](C)(C)C)OC(=O)CCCCCCCCC/C=C/CCCCCCCCCC. The number of allylic oxidation sites excluding steroid dienone is 10. The number of esters is 2. The summed E-state index contributed by atoms with van der Waals surface area (Å²) in [6.07, 6.45) is 56.7. The third kappa shape index (κ3) is 44.0. The van der Waals surface area contributed by atoms with Crippen molar-refractivity contribution in [2.75, 3.05) is 41.0 Å². The predicted molar refractivity (Wildman–Crippen MR) is 263 cm³/mol. The van der Waals surface area contributed by atoms with Crippen LogP contribution in [0.4, 0.5) is 0 Å². The fourth-order valence-electron chi connectivity index (χ4n) is 7.41. The Hall–Kier alpha value is -2.97. The van der Waals surface area contributed by atoms with Gasteiger partial charge in [0.25, 0.3) is 0 Å². The van der Waals surface area contributed by atoms with Gasteiger partial charge in [-0.1, -0.05) is 184 Å². The molecule has 0 aliphatic rings. The molecule has 0 saturated heterocycles.